The molecule has 0 aromatic rings. The maximum Gasteiger partial charge on any atom is 0.0897 e. The Hall–Kier alpha value is -0.200. The topological polar surface area (TPSA) is 54.0 Å². The highest BCUT2D eigenvalue weighted by Crippen LogP contribution is 1.98. The maximum atomic E-state index is 9.73. The zero-order valence-corrected chi connectivity index (χ0v) is 11.9. The Bertz CT molecular complexity index is 208. The molecule has 5 nitrogen and oxygen atoms in total. The van der Waals surface area contributed by atoms with Gasteiger partial charge in [-0.05, 0) is 20.8 Å². The van der Waals surface area contributed by atoms with Gasteiger partial charge in [0.1, 0.15) is 0 Å². The molecule has 5 heteroatoms. The number of ether oxygens (including phenoxy) is 2. The van der Waals surface area contributed by atoms with E-state index >= 15 is 0 Å². The zero-order chi connectivity index (χ0) is 13.4. The zero-order valence-electron chi connectivity index (χ0n) is 11.9. The number of hydrogen-bond donors (Lipinski definition) is 2. The molecule has 1 aliphatic heterocycles. The molecule has 0 radical (unpaired) electrons. The third-order valence-corrected chi connectivity index (χ3v) is 2.96. The summed E-state index contributed by atoms with van der Waals surface area (Å²) in [5.74, 6) is 0. The first-order valence-electron chi connectivity index (χ1n) is 6.91. The Kier molecular flexibility index (Phi) is 7.77. The Morgan fingerprint density at radius 3 is 2.56 bits per heavy atom. The van der Waals surface area contributed by atoms with Gasteiger partial charge in [0.2, 0.25) is 0 Å². The smallest absolute Gasteiger partial charge is 0.0897 e. The first-order chi connectivity index (χ1) is 8.58. The Balaban J connectivity index is 2.06. The van der Waals surface area contributed by atoms with Gasteiger partial charge in [-0.2, -0.15) is 0 Å². The molecule has 2 atom stereocenters. The molecule has 18 heavy (non-hydrogen) atoms. The van der Waals surface area contributed by atoms with Gasteiger partial charge in [-0.25, -0.2) is 0 Å². The highest BCUT2D eigenvalue weighted by atomic mass is 16.5. The fourth-order valence-electron chi connectivity index (χ4n) is 1.94. The largest absolute Gasteiger partial charge is 0.389 e. The molecular formula is C13H28N2O3. The van der Waals surface area contributed by atoms with E-state index in [1.807, 2.05) is 13.8 Å². The second kappa shape index (κ2) is 8.82. The summed E-state index contributed by atoms with van der Waals surface area (Å²) in [4.78, 5) is 2.39. The normalized spacial score (nSPS) is 21.2. The van der Waals surface area contributed by atoms with Gasteiger partial charge >= 0.3 is 0 Å². The molecule has 1 saturated heterocycles. The molecule has 0 bridgehead atoms. The molecule has 1 fully saturated rings. The van der Waals surface area contributed by atoms with Gasteiger partial charge in [-0.1, -0.05) is 0 Å². The van der Waals surface area contributed by atoms with Crippen molar-refractivity contribution in [3.05, 3.63) is 0 Å². The van der Waals surface area contributed by atoms with Crippen molar-refractivity contribution in [3.8, 4) is 0 Å². The van der Waals surface area contributed by atoms with E-state index in [0.29, 0.717) is 19.2 Å². The lowest BCUT2D eigenvalue weighted by molar-refractivity contribution is 0.00392. The highest BCUT2D eigenvalue weighted by Gasteiger charge is 2.14. The standard InChI is InChI=1S/C13H28N2O3/c1-11(2)18-10-13(16)8-14-12(3)9-15-4-6-17-7-5-15/h11-14,16H,4-10H2,1-3H3. The van der Waals surface area contributed by atoms with Crippen LogP contribution in [0.1, 0.15) is 20.8 Å². The van der Waals surface area contributed by atoms with Crippen molar-refractivity contribution >= 4 is 0 Å². The van der Waals surface area contributed by atoms with E-state index < -0.39 is 6.10 Å². The van der Waals surface area contributed by atoms with Crippen LogP contribution in [0.2, 0.25) is 0 Å². The lowest BCUT2D eigenvalue weighted by Crippen LogP contribution is -2.46. The summed E-state index contributed by atoms with van der Waals surface area (Å²) in [5, 5.41) is 13.1. The molecule has 2 N–H and O–H groups in total. The first kappa shape index (κ1) is 15.9. The summed E-state index contributed by atoms with van der Waals surface area (Å²) in [6.45, 7) is 11.7. The van der Waals surface area contributed by atoms with Crippen LogP contribution >= 0.6 is 0 Å². The van der Waals surface area contributed by atoms with Crippen LogP contribution in [0.3, 0.4) is 0 Å². The molecule has 0 aliphatic carbocycles. The van der Waals surface area contributed by atoms with Crippen LogP contribution in [0.15, 0.2) is 0 Å². The summed E-state index contributed by atoms with van der Waals surface area (Å²) in [7, 11) is 0. The number of nitrogens with zero attached hydrogens (tertiary/aromatic N) is 1. The predicted octanol–water partition coefficient (Wildman–Crippen LogP) is 0.0826. The van der Waals surface area contributed by atoms with Crippen LogP contribution in [0, 0.1) is 0 Å². The number of hydrogen-bond acceptors (Lipinski definition) is 5. The van der Waals surface area contributed by atoms with Crippen LogP contribution in [0.25, 0.3) is 0 Å². The van der Waals surface area contributed by atoms with Gasteiger partial charge in [0.15, 0.2) is 0 Å². The van der Waals surface area contributed by atoms with Crippen LogP contribution in [0.5, 0.6) is 0 Å². The van der Waals surface area contributed by atoms with Gasteiger partial charge in [0.05, 0.1) is 32.0 Å². The van der Waals surface area contributed by atoms with Crippen molar-refractivity contribution in [1.29, 1.82) is 0 Å². The summed E-state index contributed by atoms with van der Waals surface area (Å²) < 4.78 is 10.7. The second-order valence-electron chi connectivity index (χ2n) is 5.26. The monoisotopic (exact) mass is 260 g/mol. The molecule has 0 aromatic carbocycles. The SMILES string of the molecule is CC(CN1CCOCC1)NCC(O)COC(C)C. The number of nitrogens with one attached hydrogen (secondary N) is 1. The van der Waals surface area contributed by atoms with Crippen LogP contribution in [0.4, 0.5) is 0 Å². The Morgan fingerprint density at radius 1 is 1.28 bits per heavy atom. The van der Waals surface area contributed by atoms with Gasteiger partial charge < -0.3 is 19.9 Å². The molecule has 0 spiro atoms. The lowest BCUT2D eigenvalue weighted by Gasteiger charge is -2.29. The van der Waals surface area contributed by atoms with E-state index in [4.69, 9.17) is 9.47 Å². The Labute approximate surface area is 110 Å². The minimum atomic E-state index is -0.431. The van der Waals surface area contributed by atoms with E-state index in [-0.39, 0.29) is 6.10 Å². The number of aliphatic hydroxyl groups excluding tert-OH is 1. The minimum absolute atomic E-state index is 0.172. The minimum Gasteiger partial charge on any atom is -0.389 e. The number of rotatable bonds is 8. The first-order valence-corrected chi connectivity index (χ1v) is 6.91. The molecule has 2 unspecified atom stereocenters. The predicted molar refractivity (Wildman–Crippen MR) is 71.8 cm³/mol. The quantitative estimate of drug-likeness (QED) is 0.647. The Morgan fingerprint density at radius 2 is 1.94 bits per heavy atom. The van der Waals surface area contributed by atoms with Gasteiger partial charge in [0, 0.05) is 32.2 Å². The molecule has 1 aliphatic rings. The summed E-state index contributed by atoms with van der Waals surface area (Å²) >= 11 is 0. The van der Waals surface area contributed by atoms with Crippen molar-refractivity contribution in [2.24, 2.45) is 0 Å². The van der Waals surface area contributed by atoms with Gasteiger partial charge in [-0.3, -0.25) is 4.90 Å². The third-order valence-electron chi connectivity index (χ3n) is 2.96. The summed E-state index contributed by atoms with van der Waals surface area (Å²) in [5.41, 5.74) is 0. The summed E-state index contributed by atoms with van der Waals surface area (Å²) in [6.07, 6.45) is -0.259. The number of morpholine rings is 1. The highest BCUT2D eigenvalue weighted by molar-refractivity contribution is 4.71. The molecule has 0 saturated carbocycles. The van der Waals surface area contributed by atoms with Crippen LogP contribution in [-0.2, 0) is 9.47 Å². The molecule has 108 valence electrons. The molecule has 1 heterocycles. The molecule has 1 rings (SSSR count). The molecule has 0 amide bonds. The fraction of sp³-hybridized carbons (Fsp3) is 1.00. The average Bonchev–Trinajstić information content (AvgIpc) is 2.35. The fourth-order valence-corrected chi connectivity index (χ4v) is 1.94. The van der Waals surface area contributed by atoms with Crippen LogP contribution in [-0.4, -0.2) is 74.3 Å². The van der Waals surface area contributed by atoms with E-state index in [2.05, 4.69) is 17.1 Å². The van der Waals surface area contributed by atoms with Gasteiger partial charge in [0.25, 0.3) is 0 Å². The van der Waals surface area contributed by atoms with E-state index in [1.54, 1.807) is 0 Å². The maximum absolute atomic E-state index is 9.73. The van der Waals surface area contributed by atoms with Crippen molar-refractivity contribution in [2.45, 2.75) is 39.0 Å². The van der Waals surface area contributed by atoms with Crippen molar-refractivity contribution in [3.63, 3.8) is 0 Å². The van der Waals surface area contributed by atoms with Crippen molar-refractivity contribution in [1.82, 2.24) is 10.2 Å². The van der Waals surface area contributed by atoms with Crippen LogP contribution < -0.4 is 5.32 Å². The number of aliphatic hydroxyl groups is 1. The molecular weight excluding hydrogens is 232 g/mol. The van der Waals surface area contributed by atoms with Crippen molar-refractivity contribution in [2.75, 3.05) is 46.0 Å². The third kappa shape index (κ3) is 7.28. The van der Waals surface area contributed by atoms with E-state index in [9.17, 15) is 5.11 Å². The van der Waals surface area contributed by atoms with E-state index in [1.165, 1.54) is 0 Å². The van der Waals surface area contributed by atoms with Crippen molar-refractivity contribution < 1.29 is 14.6 Å². The van der Waals surface area contributed by atoms with Gasteiger partial charge in [-0.15, -0.1) is 0 Å². The molecule has 0 aromatic heterocycles. The van der Waals surface area contributed by atoms with E-state index in [0.717, 1.165) is 32.8 Å². The summed E-state index contributed by atoms with van der Waals surface area (Å²) in [6, 6.07) is 0.372. The lowest BCUT2D eigenvalue weighted by atomic mass is 10.2. The second-order valence-corrected chi connectivity index (χ2v) is 5.26. The average molecular weight is 260 g/mol.